The van der Waals surface area contributed by atoms with Crippen molar-refractivity contribution in [1.82, 2.24) is 4.98 Å². The van der Waals surface area contributed by atoms with Crippen molar-refractivity contribution in [3.8, 4) is 0 Å². The minimum absolute atomic E-state index is 0.414. The number of anilines is 1. The summed E-state index contributed by atoms with van der Waals surface area (Å²) >= 11 is 7.06. The molecule has 1 aromatic heterocycles. The van der Waals surface area contributed by atoms with E-state index >= 15 is 0 Å². The largest absolute Gasteiger partial charge is 0.481 e. The van der Waals surface area contributed by atoms with Crippen LogP contribution in [-0.4, -0.2) is 29.7 Å². The van der Waals surface area contributed by atoms with E-state index in [1.807, 2.05) is 0 Å². The number of aliphatic carboxylic acids is 1. The normalized spacial score (nSPS) is 12.5. The Kier molecular flexibility index (Phi) is 3.71. The van der Waals surface area contributed by atoms with E-state index in [2.05, 4.69) is 4.98 Å². The second kappa shape index (κ2) is 4.61. The number of carboxylic acid groups (broad SMARTS) is 1. The summed E-state index contributed by atoms with van der Waals surface area (Å²) in [5.74, 6) is -1.22. The van der Waals surface area contributed by atoms with Gasteiger partial charge in [0.05, 0.1) is 5.92 Å². The topological polar surface area (TPSA) is 53.4 Å². The summed E-state index contributed by atoms with van der Waals surface area (Å²) in [5, 5.41) is 11.6. The second-order valence-electron chi connectivity index (χ2n) is 3.07. The van der Waals surface area contributed by atoms with Gasteiger partial charge < -0.3 is 10.0 Å². The fourth-order valence-corrected chi connectivity index (χ4v) is 1.91. The van der Waals surface area contributed by atoms with Crippen molar-refractivity contribution in [2.75, 3.05) is 18.5 Å². The summed E-state index contributed by atoms with van der Waals surface area (Å²) in [6.07, 6.45) is 0. The first-order chi connectivity index (χ1) is 6.50. The summed E-state index contributed by atoms with van der Waals surface area (Å²) in [6, 6.07) is 0. The fourth-order valence-electron chi connectivity index (χ4n) is 0.988. The SMILES string of the molecule is CC(CN(C)c1nc(Cl)cs1)C(=O)O. The predicted octanol–water partition coefficient (Wildman–Crippen LogP) is 1.95. The molecule has 6 heteroatoms. The summed E-state index contributed by atoms with van der Waals surface area (Å²) in [6.45, 7) is 2.09. The zero-order chi connectivity index (χ0) is 10.7. The van der Waals surface area contributed by atoms with Crippen molar-refractivity contribution in [3.63, 3.8) is 0 Å². The lowest BCUT2D eigenvalue weighted by atomic mass is 10.2. The van der Waals surface area contributed by atoms with Crippen LogP contribution in [-0.2, 0) is 4.79 Å². The zero-order valence-electron chi connectivity index (χ0n) is 7.90. The Morgan fingerprint density at radius 3 is 2.93 bits per heavy atom. The summed E-state index contributed by atoms with van der Waals surface area (Å²) < 4.78 is 0. The van der Waals surface area contributed by atoms with E-state index in [1.165, 1.54) is 11.3 Å². The number of thiazole rings is 1. The second-order valence-corrected chi connectivity index (χ2v) is 4.30. The van der Waals surface area contributed by atoms with Gasteiger partial charge in [0, 0.05) is 19.0 Å². The van der Waals surface area contributed by atoms with Crippen molar-refractivity contribution in [3.05, 3.63) is 10.5 Å². The average Bonchev–Trinajstić information content (AvgIpc) is 2.51. The Morgan fingerprint density at radius 1 is 1.86 bits per heavy atom. The maximum atomic E-state index is 10.6. The van der Waals surface area contributed by atoms with Crippen molar-refractivity contribution in [2.24, 2.45) is 5.92 Å². The molecule has 0 aliphatic heterocycles. The van der Waals surface area contributed by atoms with E-state index in [-0.39, 0.29) is 0 Å². The van der Waals surface area contributed by atoms with Gasteiger partial charge in [0.1, 0.15) is 5.15 Å². The molecular formula is C8H11ClN2O2S. The van der Waals surface area contributed by atoms with E-state index in [0.29, 0.717) is 11.7 Å². The highest BCUT2D eigenvalue weighted by Gasteiger charge is 2.15. The van der Waals surface area contributed by atoms with Gasteiger partial charge in [-0.1, -0.05) is 18.5 Å². The third-order valence-electron chi connectivity index (χ3n) is 1.76. The molecule has 1 N–H and O–H groups in total. The van der Waals surface area contributed by atoms with Crippen molar-refractivity contribution < 1.29 is 9.90 Å². The highest BCUT2D eigenvalue weighted by molar-refractivity contribution is 7.14. The van der Waals surface area contributed by atoms with Crippen LogP contribution in [0.4, 0.5) is 5.13 Å². The third kappa shape index (κ3) is 2.85. The van der Waals surface area contributed by atoms with Crippen LogP contribution in [0.1, 0.15) is 6.92 Å². The quantitative estimate of drug-likeness (QED) is 0.865. The van der Waals surface area contributed by atoms with Crippen molar-refractivity contribution in [1.29, 1.82) is 0 Å². The van der Waals surface area contributed by atoms with Gasteiger partial charge in [-0.25, -0.2) is 4.98 Å². The van der Waals surface area contributed by atoms with E-state index < -0.39 is 11.9 Å². The molecule has 0 aliphatic rings. The molecule has 0 fully saturated rings. The minimum atomic E-state index is -0.806. The molecule has 1 atom stereocenters. The molecule has 0 bridgehead atoms. The molecule has 0 amide bonds. The minimum Gasteiger partial charge on any atom is -0.481 e. The Morgan fingerprint density at radius 2 is 2.50 bits per heavy atom. The lowest BCUT2D eigenvalue weighted by molar-refractivity contribution is -0.140. The lowest BCUT2D eigenvalue weighted by Gasteiger charge is -2.17. The molecule has 78 valence electrons. The molecule has 1 aromatic rings. The maximum absolute atomic E-state index is 10.6. The molecule has 1 unspecified atom stereocenters. The number of aromatic nitrogens is 1. The first-order valence-corrected chi connectivity index (χ1v) is 5.31. The van der Waals surface area contributed by atoms with E-state index in [0.717, 1.165) is 5.13 Å². The number of rotatable bonds is 4. The van der Waals surface area contributed by atoms with Crippen LogP contribution in [0.25, 0.3) is 0 Å². The first kappa shape index (κ1) is 11.3. The summed E-state index contributed by atoms with van der Waals surface area (Å²) in [4.78, 5) is 16.4. The first-order valence-electron chi connectivity index (χ1n) is 4.05. The number of hydrogen-bond acceptors (Lipinski definition) is 4. The Hall–Kier alpha value is -0.810. The predicted molar refractivity (Wildman–Crippen MR) is 57.2 cm³/mol. The van der Waals surface area contributed by atoms with Crippen LogP contribution >= 0.6 is 22.9 Å². The van der Waals surface area contributed by atoms with E-state index in [9.17, 15) is 4.79 Å². The van der Waals surface area contributed by atoms with Gasteiger partial charge >= 0.3 is 5.97 Å². The van der Waals surface area contributed by atoms with Gasteiger partial charge in [0.25, 0.3) is 0 Å². The van der Waals surface area contributed by atoms with Gasteiger partial charge in [-0.15, -0.1) is 11.3 Å². The number of halogens is 1. The lowest BCUT2D eigenvalue weighted by Crippen LogP contribution is -2.28. The van der Waals surface area contributed by atoms with E-state index in [1.54, 1.807) is 24.3 Å². The molecule has 4 nitrogen and oxygen atoms in total. The van der Waals surface area contributed by atoms with Gasteiger partial charge in [-0.3, -0.25) is 4.79 Å². The van der Waals surface area contributed by atoms with Crippen molar-refractivity contribution >= 4 is 34.0 Å². The molecule has 0 saturated heterocycles. The molecule has 1 heterocycles. The molecule has 0 aromatic carbocycles. The maximum Gasteiger partial charge on any atom is 0.308 e. The van der Waals surface area contributed by atoms with Crippen LogP contribution in [0.5, 0.6) is 0 Å². The van der Waals surface area contributed by atoms with Gasteiger partial charge in [0.15, 0.2) is 5.13 Å². The molecule has 0 aliphatic carbocycles. The molecule has 1 rings (SSSR count). The van der Waals surface area contributed by atoms with Crippen LogP contribution < -0.4 is 4.90 Å². The summed E-state index contributed by atoms with van der Waals surface area (Å²) in [7, 11) is 1.80. The number of carbonyl (C=O) groups is 1. The monoisotopic (exact) mass is 234 g/mol. The Balaban J connectivity index is 2.58. The van der Waals surface area contributed by atoms with E-state index in [4.69, 9.17) is 16.7 Å². The third-order valence-corrected chi connectivity index (χ3v) is 3.04. The van der Waals surface area contributed by atoms with Gasteiger partial charge in [0.2, 0.25) is 0 Å². The number of carboxylic acids is 1. The summed E-state index contributed by atoms with van der Waals surface area (Å²) in [5.41, 5.74) is 0. The number of nitrogens with zero attached hydrogens (tertiary/aromatic N) is 2. The number of hydrogen-bond donors (Lipinski definition) is 1. The molecule has 14 heavy (non-hydrogen) atoms. The van der Waals surface area contributed by atoms with Crippen LogP contribution in [0.2, 0.25) is 5.15 Å². The Labute approximate surface area is 91.1 Å². The standard InChI is InChI=1S/C8H11ClN2O2S/c1-5(7(12)13)3-11(2)8-10-6(9)4-14-8/h4-5H,3H2,1-2H3,(H,12,13). The molecule has 0 radical (unpaired) electrons. The average molecular weight is 235 g/mol. The highest BCUT2D eigenvalue weighted by atomic mass is 35.5. The zero-order valence-corrected chi connectivity index (χ0v) is 9.47. The van der Waals surface area contributed by atoms with Gasteiger partial charge in [-0.05, 0) is 0 Å². The van der Waals surface area contributed by atoms with Crippen LogP contribution in [0.15, 0.2) is 5.38 Å². The van der Waals surface area contributed by atoms with Crippen LogP contribution in [0.3, 0.4) is 0 Å². The van der Waals surface area contributed by atoms with Gasteiger partial charge in [-0.2, -0.15) is 0 Å². The van der Waals surface area contributed by atoms with Crippen molar-refractivity contribution in [2.45, 2.75) is 6.92 Å². The molecular weight excluding hydrogens is 224 g/mol. The molecule has 0 saturated carbocycles. The fraction of sp³-hybridized carbons (Fsp3) is 0.500. The van der Waals surface area contributed by atoms with Crippen LogP contribution in [0, 0.1) is 5.92 Å². The molecule has 0 spiro atoms. The Bertz CT molecular complexity index is 329. The highest BCUT2D eigenvalue weighted by Crippen LogP contribution is 2.22. The smallest absolute Gasteiger partial charge is 0.308 e.